The summed E-state index contributed by atoms with van der Waals surface area (Å²) in [6.45, 7) is 9.35. The Morgan fingerprint density at radius 2 is 1.94 bits per heavy atom. The molecule has 0 bridgehead atoms. The van der Waals surface area contributed by atoms with Crippen LogP contribution >= 0.6 is 0 Å². The van der Waals surface area contributed by atoms with Crippen molar-refractivity contribution in [3.63, 3.8) is 0 Å². The molecule has 31 heavy (non-hydrogen) atoms. The van der Waals surface area contributed by atoms with E-state index in [1.54, 1.807) is 29.1 Å². The van der Waals surface area contributed by atoms with Gasteiger partial charge in [0.1, 0.15) is 11.9 Å². The minimum atomic E-state index is -4.76. The molecule has 156 valence electrons. The van der Waals surface area contributed by atoms with Crippen molar-refractivity contribution in [3.05, 3.63) is 71.3 Å². The second-order valence-corrected chi connectivity index (χ2v) is 6.46. The van der Waals surface area contributed by atoms with E-state index in [4.69, 9.17) is 11.1 Å². The molecule has 0 spiro atoms. The summed E-state index contributed by atoms with van der Waals surface area (Å²) in [4.78, 5) is 11.5. The molecule has 4 rings (SSSR count). The van der Waals surface area contributed by atoms with Gasteiger partial charge < -0.3 is 14.1 Å². The molecule has 3 aromatic heterocycles. The van der Waals surface area contributed by atoms with E-state index in [1.165, 1.54) is 24.3 Å². The van der Waals surface area contributed by atoms with E-state index >= 15 is 0 Å². The van der Waals surface area contributed by atoms with E-state index in [-0.39, 0.29) is 17.5 Å². The summed E-state index contributed by atoms with van der Waals surface area (Å²) in [7, 11) is 0. The highest BCUT2D eigenvalue weighted by Crippen LogP contribution is 2.27. The molecule has 0 amide bonds. The highest BCUT2D eigenvalue weighted by Gasteiger charge is 2.31. The smallest absolute Gasteiger partial charge is 0.406 e. The van der Waals surface area contributed by atoms with Gasteiger partial charge in [-0.15, -0.1) is 18.2 Å². The third kappa shape index (κ3) is 4.69. The number of ether oxygens (including phenoxy) is 1. The molecule has 0 saturated carbocycles. The number of nitrogens with zero attached hydrogens (tertiary/aromatic N) is 6. The largest absolute Gasteiger partial charge is 0.573 e. The Kier molecular flexibility index (Phi) is 5.12. The molecular formula is C20H13F3N6O2. The summed E-state index contributed by atoms with van der Waals surface area (Å²) < 4.78 is 47.7. The normalized spacial score (nSPS) is 11.3. The number of aryl methyl sites for hydroxylation is 1. The molecule has 0 aliphatic rings. The van der Waals surface area contributed by atoms with Crippen molar-refractivity contribution in [2.75, 3.05) is 0 Å². The minimum Gasteiger partial charge on any atom is -0.406 e. The van der Waals surface area contributed by atoms with E-state index in [0.29, 0.717) is 23.6 Å². The van der Waals surface area contributed by atoms with Crippen LogP contribution in [0.3, 0.4) is 0 Å². The maximum atomic E-state index is 12.3. The summed E-state index contributed by atoms with van der Waals surface area (Å²) in [5.74, 6) is 0.336. The van der Waals surface area contributed by atoms with Crippen LogP contribution in [0.25, 0.3) is 27.8 Å². The first-order valence-electron chi connectivity index (χ1n) is 8.88. The lowest BCUT2D eigenvalue weighted by Crippen LogP contribution is -2.16. The van der Waals surface area contributed by atoms with Crippen LogP contribution in [-0.4, -0.2) is 31.3 Å². The predicted molar refractivity (Wildman–Crippen MR) is 102 cm³/mol. The van der Waals surface area contributed by atoms with Gasteiger partial charge in [-0.05, 0) is 55.0 Å². The molecule has 0 aliphatic carbocycles. The Morgan fingerprint density at radius 3 is 2.65 bits per heavy atom. The van der Waals surface area contributed by atoms with Crippen molar-refractivity contribution in [3.8, 4) is 28.7 Å². The van der Waals surface area contributed by atoms with Gasteiger partial charge in [0.05, 0.1) is 6.54 Å². The van der Waals surface area contributed by atoms with Crippen molar-refractivity contribution in [2.45, 2.75) is 19.8 Å². The number of benzene rings is 1. The maximum absolute atomic E-state index is 12.3. The van der Waals surface area contributed by atoms with Crippen LogP contribution in [-0.2, 0) is 6.54 Å². The minimum absolute atomic E-state index is 0.170. The average molecular weight is 426 g/mol. The molecule has 0 N–H and O–H groups in total. The highest BCUT2D eigenvalue weighted by atomic mass is 19.4. The Balaban J connectivity index is 1.53. The summed E-state index contributed by atoms with van der Waals surface area (Å²) >= 11 is 0. The van der Waals surface area contributed by atoms with Gasteiger partial charge in [-0.25, -0.2) is 0 Å². The number of hydrogen-bond acceptors (Lipinski definition) is 6. The topological polar surface area (TPSA) is 83.2 Å². The van der Waals surface area contributed by atoms with E-state index in [1.807, 2.05) is 6.92 Å². The molecule has 0 aliphatic heterocycles. The zero-order valence-corrected chi connectivity index (χ0v) is 16.0. The third-order valence-corrected chi connectivity index (χ3v) is 4.23. The number of alkyl halides is 3. The van der Waals surface area contributed by atoms with Crippen LogP contribution in [0, 0.1) is 13.5 Å². The fourth-order valence-corrected chi connectivity index (χ4v) is 2.82. The number of halogens is 3. The number of aromatic nitrogens is 5. The summed E-state index contributed by atoms with van der Waals surface area (Å²) in [5, 5.41) is 8.34. The molecule has 1 aromatic carbocycles. The van der Waals surface area contributed by atoms with Gasteiger partial charge in [0.15, 0.2) is 5.69 Å². The fourth-order valence-electron chi connectivity index (χ4n) is 2.82. The second-order valence-electron chi connectivity index (χ2n) is 6.46. The molecule has 11 heteroatoms. The van der Waals surface area contributed by atoms with Gasteiger partial charge in [-0.2, -0.15) is 10.1 Å². The quantitative estimate of drug-likeness (QED) is 0.426. The third-order valence-electron chi connectivity index (χ3n) is 4.23. The highest BCUT2D eigenvalue weighted by molar-refractivity contribution is 5.59. The van der Waals surface area contributed by atoms with Crippen LogP contribution in [0.2, 0.25) is 0 Å². The van der Waals surface area contributed by atoms with E-state index in [9.17, 15) is 13.2 Å². The lowest BCUT2D eigenvalue weighted by atomic mass is 10.2. The van der Waals surface area contributed by atoms with Crippen LogP contribution in [0.15, 0.2) is 53.2 Å². The maximum Gasteiger partial charge on any atom is 0.573 e. The van der Waals surface area contributed by atoms with Crippen molar-refractivity contribution in [1.82, 2.24) is 24.9 Å². The Morgan fingerprint density at radius 1 is 1.16 bits per heavy atom. The molecule has 0 saturated heterocycles. The summed E-state index contributed by atoms with van der Waals surface area (Å²) in [6.07, 6.45) is -3.19. The zero-order valence-electron chi connectivity index (χ0n) is 16.0. The molecule has 0 fully saturated rings. The first-order chi connectivity index (χ1) is 14.8. The Labute approximate surface area is 173 Å². The van der Waals surface area contributed by atoms with Crippen molar-refractivity contribution in [1.29, 1.82) is 0 Å². The van der Waals surface area contributed by atoms with Crippen LogP contribution < -0.4 is 4.74 Å². The average Bonchev–Trinajstić information content (AvgIpc) is 3.35. The van der Waals surface area contributed by atoms with E-state index in [0.717, 1.165) is 11.3 Å². The van der Waals surface area contributed by atoms with Gasteiger partial charge in [0, 0.05) is 11.3 Å². The second kappa shape index (κ2) is 7.91. The number of pyridine rings is 1. The van der Waals surface area contributed by atoms with E-state index < -0.39 is 6.36 Å². The van der Waals surface area contributed by atoms with Crippen molar-refractivity contribution < 1.29 is 22.4 Å². The molecule has 8 nitrogen and oxygen atoms in total. The van der Waals surface area contributed by atoms with Crippen LogP contribution in [0.4, 0.5) is 19.0 Å². The van der Waals surface area contributed by atoms with Gasteiger partial charge in [0.25, 0.3) is 11.7 Å². The lowest BCUT2D eigenvalue weighted by molar-refractivity contribution is -0.274. The fraction of sp³-hybridized carbons (Fsp3) is 0.150. The molecule has 3 heterocycles. The van der Waals surface area contributed by atoms with Gasteiger partial charge in [-0.1, -0.05) is 11.7 Å². The monoisotopic (exact) mass is 426 g/mol. The zero-order chi connectivity index (χ0) is 22.0. The van der Waals surface area contributed by atoms with E-state index in [2.05, 4.69) is 29.8 Å². The lowest BCUT2D eigenvalue weighted by Gasteiger charge is -2.08. The predicted octanol–water partition coefficient (Wildman–Crippen LogP) is 4.80. The van der Waals surface area contributed by atoms with Gasteiger partial charge in [-0.3, -0.25) is 4.68 Å². The molecule has 0 radical (unpaired) electrons. The Hall–Kier alpha value is -4.20. The SMILES string of the molecule is [C-]#[N+]c1cc(Cn2nc(-c3nc(-c4ccc(OC(F)(F)F)cc4)no3)cc2C)ccn1. The molecule has 0 unspecified atom stereocenters. The standard InChI is InChI=1S/C20H13F3N6O2/c1-12-9-16(27-29(12)11-13-7-8-25-17(10-13)24-2)19-26-18(28-31-19)14-3-5-15(6-4-14)30-20(21,22)23/h3-10H,11H2,1H3. The van der Waals surface area contributed by atoms with Gasteiger partial charge in [0.2, 0.25) is 5.82 Å². The molecule has 4 aromatic rings. The van der Waals surface area contributed by atoms with Gasteiger partial charge >= 0.3 is 6.36 Å². The number of rotatable bonds is 5. The van der Waals surface area contributed by atoms with Crippen LogP contribution in [0.5, 0.6) is 5.75 Å². The first-order valence-corrected chi connectivity index (χ1v) is 8.88. The molecule has 0 atom stereocenters. The molecular weight excluding hydrogens is 413 g/mol. The van der Waals surface area contributed by atoms with Crippen molar-refractivity contribution >= 4 is 5.82 Å². The summed E-state index contributed by atoms with van der Waals surface area (Å²) in [5.41, 5.74) is 2.62. The summed E-state index contributed by atoms with van der Waals surface area (Å²) in [6, 6.07) is 10.4. The number of hydrogen-bond donors (Lipinski definition) is 0. The Bertz CT molecular complexity index is 1260. The van der Waals surface area contributed by atoms with Crippen LogP contribution in [0.1, 0.15) is 11.3 Å². The van der Waals surface area contributed by atoms with Crippen molar-refractivity contribution in [2.24, 2.45) is 0 Å². The first kappa shape index (κ1) is 20.1.